The number of amidine groups is 1. The van der Waals surface area contributed by atoms with Crippen molar-refractivity contribution >= 4 is 40.3 Å². The van der Waals surface area contributed by atoms with Crippen molar-refractivity contribution in [2.75, 3.05) is 25.0 Å². The monoisotopic (exact) mass is 388 g/mol. The van der Waals surface area contributed by atoms with Gasteiger partial charge in [-0.15, -0.1) is 0 Å². The van der Waals surface area contributed by atoms with Gasteiger partial charge in [0.2, 0.25) is 5.91 Å². The number of nitrogens with one attached hydrogen (secondary N) is 2. The van der Waals surface area contributed by atoms with Crippen molar-refractivity contribution in [1.82, 2.24) is 10.2 Å². The second-order valence-corrected chi connectivity index (χ2v) is 7.75. The molecule has 1 fully saturated rings. The van der Waals surface area contributed by atoms with Crippen LogP contribution in [0.2, 0.25) is 0 Å². The first-order valence-corrected chi connectivity index (χ1v) is 10.2. The number of carbonyl (C=O) groups is 3. The first-order chi connectivity index (χ1) is 13.1. The molecule has 0 saturated carbocycles. The standard InChI is InChI=1S/C19H24N4O3S/c1-2-20-17(25)13-6-8-14(9-7-13)21-16(24)12-15-18(26)22-19(27-15)23-10-4-3-5-11-23/h6-9,15H,2-5,10-12H2,1H3,(H,20,25)(H,21,24)/t15-/m1/s1. The topological polar surface area (TPSA) is 90.9 Å². The fraction of sp³-hybridized carbons (Fsp3) is 0.474. The zero-order valence-corrected chi connectivity index (χ0v) is 16.2. The van der Waals surface area contributed by atoms with E-state index < -0.39 is 5.25 Å². The minimum absolute atomic E-state index is 0.0857. The van der Waals surface area contributed by atoms with Gasteiger partial charge in [-0.2, -0.15) is 4.99 Å². The van der Waals surface area contributed by atoms with Crippen molar-refractivity contribution in [2.45, 2.75) is 37.9 Å². The molecule has 7 nitrogen and oxygen atoms in total. The van der Waals surface area contributed by atoms with E-state index in [0.29, 0.717) is 17.8 Å². The van der Waals surface area contributed by atoms with Gasteiger partial charge in [0.1, 0.15) is 5.25 Å². The lowest BCUT2D eigenvalue weighted by molar-refractivity contribution is -0.121. The highest BCUT2D eigenvalue weighted by atomic mass is 32.2. The van der Waals surface area contributed by atoms with Gasteiger partial charge in [-0.3, -0.25) is 14.4 Å². The number of aliphatic imine (C=N–C) groups is 1. The molecule has 3 rings (SSSR count). The average molecular weight is 388 g/mol. The molecule has 0 spiro atoms. The van der Waals surface area contributed by atoms with E-state index in [1.807, 2.05) is 6.92 Å². The Morgan fingerprint density at radius 1 is 1.19 bits per heavy atom. The van der Waals surface area contributed by atoms with Crippen LogP contribution in [0.15, 0.2) is 29.3 Å². The van der Waals surface area contributed by atoms with Crippen LogP contribution in [-0.2, 0) is 9.59 Å². The van der Waals surface area contributed by atoms with Crippen LogP contribution in [0, 0.1) is 0 Å². The number of piperidine rings is 1. The highest BCUT2D eigenvalue weighted by molar-refractivity contribution is 8.15. The van der Waals surface area contributed by atoms with Gasteiger partial charge in [0.05, 0.1) is 0 Å². The lowest BCUT2D eigenvalue weighted by atomic mass is 10.1. The van der Waals surface area contributed by atoms with E-state index in [0.717, 1.165) is 31.1 Å². The summed E-state index contributed by atoms with van der Waals surface area (Å²) in [4.78, 5) is 42.5. The summed E-state index contributed by atoms with van der Waals surface area (Å²) in [6.07, 6.45) is 3.53. The molecule has 0 aromatic heterocycles. The Morgan fingerprint density at radius 2 is 1.89 bits per heavy atom. The highest BCUT2D eigenvalue weighted by Crippen LogP contribution is 2.29. The molecular weight excluding hydrogens is 364 g/mol. The van der Waals surface area contributed by atoms with Gasteiger partial charge < -0.3 is 15.5 Å². The second kappa shape index (κ2) is 9.03. The summed E-state index contributed by atoms with van der Waals surface area (Å²) in [5.74, 6) is -0.616. The molecule has 2 aliphatic heterocycles. The third kappa shape index (κ3) is 5.09. The van der Waals surface area contributed by atoms with Crippen molar-refractivity contribution in [1.29, 1.82) is 0 Å². The highest BCUT2D eigenvalue weighted by Gasteiger charge is 2.33. The van der Waals surface area contributed by atoms with Crippen LogP contribution in [0.5, 0.6) is 0 Å². The van der Waals surface area contributed by atoms with Crippen LogP contribution in [0.25, 0.3) is 0 Å². The summed E-state index contributed by atoms with van der Waals surface area (Å²) >= 11 is 1.39. The minimum atomic E-state index is -0.462. The van der Waals surface area contributed by atoms with Gasteiger partial charge in [-0.25, -0.2) is 0 Å². The summed E-state index contributed by atoms with van der Waals surface area (Å²) in [6, 6.07) is 6.69. The lowest BCUT2D eigenvalue weighted by Crippen LogP contribution is -2.33. The molecule has 0 aliphatic carbocycles. The number of rotatable bonds is 5. The molecule has 2 aliphatic rings. The zero-order valence-electron chi connectivity index (χ0n) is 15.4. The molecule has 144 valence electrons. The van der Waals surface area contributed by atoms with E-state index in [9.17, 15) is 14.4 Å². The first-order valence-electron chi connectivity index (χ1n) is 9.29. The molecule has 1 atom stereocenters. The molecule has 0 radical (unpaired) electrons. The van der Waals surface area contributed by atoms with Crippen molar-refractivity contribution in [3.8, 4) is 0 Å². The fourth-order valence-corrected chi connectivity index (χ4v) is 4.19. The molecule has 1 aromatic carbocycles. The Hall–Kier alpha value is -2.35. The van der Waals surface area contributed by atoms with Crippen LogP contribution in [0.4, 0.5) is 5.69 Å². The molecule has 2 heterocycles. The third-order valence-corrected chi connectivity index (χ3v) is 5.71. The van der Waals surface area contributed by atoms with Crippen LogP contribution in [0.1, 0.15) is 43.0 Å². The van der Waals surface area contributed by atoms with Crippen LogP contribution >= 0.6 is 11.8 Å². The van der Waals surface area contributed by atoms with Gasteiger partial charge in [-0.1, -0.05) is 11.8 Å². The predicted octanol–water partition coefficient (Wildman–Crippen LogP) is 2.25. The zero-order chi connectivity index (χ0) is 19.2. The molecule has 8 heteroatoms. The number of amides is 3. The summed E-state index contributed by atoms with van der Waals surface area (Å²) in [6.45, 7) is 4.27. The molecule has 2 N–H and O–H groups in total. The number of benzene rings is 1. The summed E-state index contributed by atoms with van der Waals surface area (Å²) < 4.78 is 0. The number of likely N-dealkylation sites (tertiary alicyclic amines) is 1. The van der Waals surface area contributed by atoms with Crippen LogP contribution in [-0.4, -0.2) is 52.7 Å². The molecule has 1 aromatic rings. The summed E-state index contributed by atoms with van der Waals surface area (Å²) in [7, 11) is 0. The smallest absolute Gasteiger partial charge is 0.262 e. The summed E-state index contributed by atoms with van der Waals surface area (Å²) in [5, 5.41) is 5.80. The second-order valence-electron chi connectivity index (χ2n) is 6.58. The summed E-state index contributed by atoms with van der Waals surface area (Å²) in [5.41, 5.74) is 1.14. The Balaban J connectivity index is 1.51. The lowest BCUT2D eigenvalue weighted by Gasteiger charge is -2.27. The average Bonchev–Trinajstić information content (AvgIpc) is 3.03. The number of hydrogen-bond donors (Lipinski definition) is 2. The van der Waals surface area contributed by atoms with E-state index in [4.69, 9.17) is 0 Å². The Labute approximate surface area is 163 Å². The van der Waals surface area contributed by atoms with E-state index >= 15 is 0 Å². The number of anilines is 1. The van der Waals surface area contributed by atoms with Gasteiger partial charge in [0, 0.05) is 37.3 Å². The van der Waals surface area contributed by atoms with E-state index in [1.54, 1.807) is 24.3 Å². The van der Waals surface area contributed by atoms with Crippen LogP contribution < -0.4 is 10.6 Å². The van der Waals surface area contributed by atoms with E-state index in [2.05, 4.69) is 20.5 Å². The quantitative estimate of drug-likeness (QED) is 0.807. The molecule has 3 amide bonds. The SMILES string of the molecule is CCNC(=O)c1ccc(NC(=O)C[C@H]2SC(N3CCCCC3)=NC2=O)cc1. The minimum Gasteiger partial charge on any atom is -0.352 e. The Morgan fingerprint density at radius 3 is 2.56 bits per heavy atom. The fourth-order valence-electron chi connectivity index (χ4n) is 3.08. The predicted molar refractivity (Wildman–Crippen MR) is 107 cm³/mol. The largest absolute Gasteiger partial charge is 0.352 e. The van der Waals surface area contributed by atoms with E-state index in [-0.39, 0.29) is 24.1 Å². The maximum Gasteiger partial charge on any atom is 0.262 e. The van der Waals surface area contributed by atoms with E-state index in [1.165, 1.54) is 18.2 Å². The number of hydrogen-bond acceptors (Lipinski definition) is 5. The normalized spacial score (nSPS) is 19.6. The first kappa shape index (κ1) is 19.4. The maximum atomic E-state index is 12.3. The molecular formula is C19H24N4O3S. The Bertz CT molecular complexity index is 742. The van der Waals surface area contributed by atoms with Crippen molar-refractivity contribution in [3.05, 3.63) is 29.8 Å². The molecule has 0 unspecified atom stereocenters. The maximum absolute atomic E-state index is 12.3. The van der Waals surface area contributed by atoms with Gasteiger partial charge in [-0.05, 0) is 50.5 Å². The van der Waals surface area contributed by atoms with Crippen molar-refractivity contribution < 1.29 is 14.4 Å². The number of carbonyl (C=O) groups excluding carboxylic acids is 3. The molecule has 27 heavy (non-hydrogen) atoms. The molecule has 1 saturated heterocycles. The number of nitrogens with zero attached hydrogens (tertiary/aromatic N) is 2. The van der Waals surface area contributed by atoms with Gasteiger partial charge in [0.15, 0.2) is 5.17 Å². The van der Waals surface area contributed by atoms with Crippen LogP contribution in [0.3, 0.4) is 0 Å². The third-order valence-electron chi connectivity index (χ3n) is 4.49. The number of thioether (sulfide) groups is 1. The molecule has 0 bridgehead atoms. The Kier molecular flexibility index (Phi) is 6.49. The van der Waals surface area contributed by atoms with Crippen molar-refractivity contribution in [2.24, 2.45) is 4.99 Å². The van der Waals surface area contributed by atoms with Crippen molar-refractivity contribution in [3.63, 3.8) is 0 Å². The van der Waals surface area contributed by atoms with Gasteiger partial charge >= 0.3 is 0 Å². The van der Waals surface area contributed by atoms with Gasteiger partial charge in [0.25, 0.3) is 11.8 Å².